The van der Waals surface area contributed by atoms with Gasteiger partial charge in [0, 0.05) is 6.04 Å². The zero-order chi connectivity index (χ0) is 12.6. The fraction of sp³-hybridized carbons (Fsp3) is 0.538. The lowest BCUT2D eigenvalue weighted by Crippen LogP contribution is -2.20. The monoisotopic (exact) mass is 241 g/mol. The van der Waals surface area contributed by atoms with Gasteiger partial charge in [0.15, 0.2) is 0 Å². The van der Waals surface area contributed by atoms with Crippen LogP contribution in [0, 0.1) is 5.92 Å². The molecule has 0 radical (unpaired) electrons. The summed E-state index contributed by atoms with van der Waals surface area (Å²) in [6, 6.07) is 5.45. The van der Waals surface area contributed by atoms with Crippen molar-refractivity contribution in [2.75, 3.05) is 7.05 Å². The molecule has 2 rings (SSSR count). The van der Waals surface area contributed by atoms with Crippen molar-refractivity contribution in [1.29, 1.82) is 0 Å². The summed E-state index contributed by atoms with van der Waals surface area (Å²) in [4.78, 5) is 0. The molecule has 0 bridgehead atoms. The van der Waals surface area contributed by atoms with Gasteiger partial charge >= 0.3 is 6.61 Å². The van der Waals surface area contributed by atoms with Crippen molar-refractivity contribution in [2.45, 2.75) is 32.4 Å². The highest BCUT2D eigenvalue weighted by Gasteiger charge is 2.34. The summed E-state index contributed by atoms with van der Waals surface area (Å²) in [5, 5.41) is 3.24. The van der Waals surface area contributed by atoms with E-state index in [0.29, 0.717) is 11.8 Å². The smallest absolute Gasteiger partial charge is 0.387 e. The zero-order valence-electron chi connectivity index (χ0n) is 10.2. The third-order valence-corrected chi connectivity index (χ3v) is 3.73. The van der Waals surface area contributed by atoms with Crippen LogP contribution in [0.2, 0.25) is 0 Å². The van der Waals surface area contributed by atoms with Crippen LogP contribution in [0.15, 0.2) is 18.2 Å². The average Bonchev–Trinajstić information content (AvgIpc) is 2.50. The Morgan fingerprint density at radius 1 is 1.24 bits per heavy atom. The lowest BCUT2D eigenvalue weighted by Gasteiger charge is -2.18. The molecule has 1 aromatic rings. The summed E-state index contributed by atoms with van der Waals surface area (Å²) in [6.45, 7) is 1.56. The second-order valence-corrected chi connectivity index (χ2v) is 4.58. The Morgan fingerprint density at radius 3 is 2.53 bits per heavy atom. The van der Waals surface area contributed by atoms with Crippen molar-refractivity contribution >= 4 is 0 Å². The molecule has 4 heteroatoms. The first-order chi connectivity index (χ1) is 8.04. The third kappa shape index (κ3) is 2.14. The van der Waals surface area contributed by atoms with E-state index >= 15 is 0 Å². The average molecular weight is 241 g/mol. The van der Waals surface area contributed by atoms with Crippen LogP contribution in [0.25, 0.3) is 0 Å². The minimum atomic E-state index is -2.77. The van der Waals surface area contributed by atoms with E-state index in [9.17, 15) is 8.78 Å². The van der Waals surface area contributed by atoms with Gasteiger partial charge < -0.3 is 10.1 Å². The highest BCUT2D eigenvalue weighted by atomic mass is 19.3. The van der Waals surface area contributed by atoms with Crippen molar-refractivity contribution in [2.24, 2.45) is 5.92 Å². The molecule has 1 aromatic carbocycles. The number of nitrogens with one attached hydrogen (secondary N) is 1. The van der Waals surface area contributed by atoms with Gasteiger partial charge in [-0.05, 0) is 42.1 Å². The van der Waals surface area contributed by atoms with Gasteiger partial charge in [-0.1, -0.05) is 19.9 Å². The van der Waals surface area contributed by atoms with Gasteiger partial charge in [0.1, 0.15) is 5.75 Å². The molecule has 0 saturated carbocycles. The summed E-state index contributed by atoms with van der Waals surface area (Å²) < 4.78 is 28.8. The van der Waals surface area contributed by atoms with Gasteiger partial charge in [-0.25, -0.2) is 0 Å². The molecule has 1 aliphatic carbocycles. The van der Waals surface area contributed by atoms with Crippen LogP contribution in [-0.2, 0) is 0 Å². The standard InChI is InChI=1S/C13H17F2NO/c1-7-8(2)12(16-3)11-6-9(17-13(14)15)4-5-10(7)11/h4-8,12-13,16H,1-3H3. The fourth-order valence-corrected chi connectivity index (χ4v) is 2.69. The number of alkyl halides is 2. The predicted octanol–water partition coefficient (Wildman–Crippen LogP) is 3.30. The number of hydrogen-bond acceptors (Lipinski definition) is 2. The summed E-state index contributed by atoms with van der Waals surface area (Å²) in [6.07, 6.45) is 0. The Labute approximate surface area is 100.0 Å². The number of hydrogen-bond donors (Lipinski definition) is 1. The normalized spacial score (nSPS) is 27.3. The van der Waals surface area contributed by atoms with E-state index in [0.717, 1.165) is 5.56 Å². The van der Waals surface area contributed by atoms with Gasteiger partial charge in [-0.15, -0.1) is 0 Å². The molecular formula is C13H17F2NO. The lowest BCUT2D eigenvalue weighted by molar-refractivity contribution is -0.0499. The maximum absolute atomic E-state index is 12.2. The molecule has 3 atom stereocenters. The van der Waals surface area contributed by atoms with Gasteiger partial charge in [0.25, 0.3) is 0 Å². The Hall–Kier alpha value is -1.16. The third-order valence-electron chi connectivity index (χ3n) is 3.73. The highest BCUT2D eigenvalue weighted by Crippen LogP contribution is 2.45. The van der Waals surface area contributed by atoms with Crippen LogP contribution in [0.3, 0.4) is 0 Å². The molecule has 0 aromatic heterocycles. The quantitative estimate of drug-likeness (QED) is 0.876. The van der Waals surface area contributed by atoms with Gasteiger partial charge in [-0.2, -0.15) is 8.78 Å². The Balaban J connectivity index is 2.35. The summed E-state index contributed by atoms with van der Waals surface area (Å²) in [7, 11) is 1.89. The zero-order valence-corrected chi connectivity index (χ0v) is 10.2. The van der Waals surface area contributed by atoms with E-state index in [2.05, 4.69) is 23.9 Å². The maximum Gasteiger partial charge on any atom is 0.387 e. The minimum absolute atomic E-state index is 0.209. The Bertz CT molecular complexity index is 408. The first kappa shape index (κ1) is 12.3. The van der Waals surface area contributed by atoms with Crippen molar-refractivity contribution in [3.63, 3.8) is 0 Å². The van der Waals surface area contributed by atoms with Crippen LogP contribution < -0.4 is 10.1 Å². The van der Waals surface area contributed by atoms with Crippen molar-refractivity contribution < 1.29 is 13.5 Å². The molecule has 0 amide bonds. The van der Waals surface area contributed by atoms with E-state index in [1.165, 1.54) is 5.56 Å². The minimum Gasteiger partial charge on any atom is -0.435 e. The van der Waals surface area contributed by atoms with E-state index in [4.69, 9.17) is 0 Å². The second kappa shape index (κ2) is 4.61. The highest BCUT2D eigenvalue weighted by molar-refractivity contribution is 5.44. The first-order valence-electron chi connectivity index (χ1n) is 5.80. The molecule has 3 unspecified atom stereocenters. The van der Waals surface area contributed by atoms with Crippen LogP contribution in [0.5, 0.6) is 5.75 Å². The molecule has 2 nitrogen and oxygen atoms in total. The predicted molar refractivity (Wildman–Crippen MR) is 62.5 cm³/mol. The van der Waals surface area contributed by atoms with E-state index in [1.807, 2.05) is 13.1 Å². The molecule has 0 saturated heterocycles. The molecule has 94 valence electrons. The van der Waals surface area contributed by atoms with Gasteiger partial charge in [0.2, 0.25) is 0 Å². The molecule has 17 heavy (non-hydrogen) atoms. The summed E-state index contributed by atoms with van der Waals surface area (Å²) >= 11 is 0. The van der Waals surface area contributed by atoms with Crippen LogP contribution in [0.4, 0.5) is 8.78 Å². The first-order valence-corrected chi connectivity index (χ1v) is 5.80. The van der Waals surface area contributed by atoms with E-state index < -0.39 is 6.61 Å². The number of halogens is 2. The number of fused-ring (bicyclic) bond motifs is 1. The molecular weight excluding hydrogens is 224 g/mol. The SMILES string of the molecule is CNC1c2cc(OC(F)F)ccc2C(C)C1C. The van der Waals surface area contributed by atoms with Crippen molar-refractivity contribution in [1.82, 2.24) is 5.32 Å². The largest absolute Gasteiger partial charge is 0.435 e. The maximum atomic E-state index is 12.2. The molecule has 1 aliphatic rings. The summed E-state index contributed by atoms with van der Waals surface area (Å²) in [5.74, 6) is 1.13. The molecule has 0 spiro atoms. The van der Waals surface area contributed by atoms with Gasteiger partial charge in [-0.3, -0.25) is 0 Å². The van der Waals surface area contributed by atoms with Crippen molar-refractivity contribution in [3.8, 4) is 5.75 Å². The lowest BCUT2D eigenvalue weighted by atomic mass is 9.95. The number of rotatable bonds is 3. The van der Waals surface area contributed by atoms with Crippen molar-refractivity contribution in [3.05, 3.63) is 29.3 Å². The van der Waals surface area contributed by atoms with Crippen LogP contribution in [0.1, 0.15) is 36.9 Å². The van der Waals surface area contributed by atoms with Crippen LogP contribution in [-0.4, -0.2) is 13.7 Å². The Kier molecular flexibility index (Phi) is 3.33. The summed E-state index contributed by atoms with van der Waals surface area (Å²) in [5.41, 5.74) is 2.30. The second-order valence-electron chi connectivity index (χ2n) is 4.58. The molecule has 0 fully saturated rings. The molecule has 1 N–H and O–H groups in total. The van der Waals surface area contributed by atoms with E-state index in [-0.39, 0.29) is 11.8 Å². The number of ether oxygens (including phenoxy) is 1. The van der Waals surface area contributed by atoms with E-state index in [1.54, 1.807) is 12.1 Å². The molecule has 0 heterocycles. The number of benzene rings is 1. The van der Waals surface area contributed by atoms with Crippen LogP contribution >= 0.6 is 0 Å². The van der Waals surface area contributed by atoms with Gasteiger partial charge in [0.05, 0.1) is 0 Å². The molecule has 0 aliphatic heterocycles. The topological polar surface area (TPSA) is 21.3 Å². The Morgan fingerprint density at radius 2 is 1.94 bits per heavy atom. The fourth-order valence-electron chi connectivity index (χ4n) is 2.69.